The Hall–Kier alpha value is -2.69. The fraction of sp³-hybridized carbons (Fsp3) is 0.381. The maximum atomic E-state index is 13.6. The van der Waals surface area contributed by atoms with Gasteiger partial charge >= 0.3 is 0 Å². The first-order valence-electron chi connectivity index (χ1n) is 9.23. The first-order valence-corrected chi connectivity index (χ1v) is 9.23. The lowest BCUT2D eigenvalue weighted by Gasteiger charge is -2.23. The zero-order valence-corrected chi connectivity index (χ0v) is 15.5. The zero-order chi connectivity index (χ0) is 18.3. The van der Waals surface area contributed by atoms with Gasteiger partial charge < -0.3 is 9.42 Å². The van der Waals surface area contributed by atoms with Crippen LogP contribution in [-0.2, 0) is 6.42 Å². The molecule has 134 valence electrons. The van der Waals surface area contributed by atoms with E-state index in [1.807, 2.05) is 36.1 Å². The second kappa shape index (κ2) is 6.56. The highest BCUT2D eigenvalue weighted by molar-refractivity contribution is 6.13. The molecule has 4 rings (SSSR count). The highest BCUT2D eigenvalue weighted by Gasteiger charge is 2.26. The van der Waals surface area contributed by atoms with E-state index in [1.54, 1.807) is 0 Å². The van der Waals surface area contributed by atoms with Crippen molar-refractivity contribution in [2.45, 2.75) is 46.0 Å². The van der Waals surface area contributed by atoms with Crippen LogP contribution in [-0.4, -0.2) is 22.6 Å². The molecule has 1 aliphatic rings. The number of aromatic nitrogens is 2. The summed E-state index contributed by atoms with van der Waals surface area (Å²) in [5.74, 6) is 0.202. The third kappa shape index (κ3) is 2.77. The Morgan fingerprint density at radius 1 is 1.23 bits per heavy atom. The lowest BCUT2D eigenvalue weighted by molar-refractivity contribution is 0.0988. The van der Waals surface area contributed by atoms with Crippen molar-refractivity contribution >= 4 is 22.7 Å². The van der Waals surface area contributed by atoms with Gasteiger partial charge in [-0.15, -0.1) is 0 Å². The fourth-order valence-corrected chi connectivity index (χ4v) is 3.63. The average molecular weight is 349 g/mol. The molecule has 0 saturated heterocycles. The molecular weight excluding hydrogens is 326 g/mol. The molecule has 1 aliphatic heterocycles. The molecule has 2 aromatic heterocycles. The van der Waals surface area contributed by atoms with Crippen molar-refractivity contribution in [3.8, 4) is 0 Å². The number of nitrogens with zero attached hydrogens (tertiary/aromatic N) is 3. The second-order valence-electron chi connectivity index (χ2n) is 7.24. The molecule has 0 N–H and O–H groups in total. The normalized spacial score (nSPS) is 14.5. The molecule has 0 atom stereocenters. The van der Waals surface area contributed by atoms with Crippen LogP contribution in [0, 0.1) is 6.92 Å². The van der Waals surface area contributed by atoms with Crippen molar-refractivity contribution in [3.63, 3.8) is 0 Å². The molecule has 1 aromatic carbocycles. The van der Waals surface area contributed by atoms with Gasteiger partial charge in [-0.25, -0.2) is 4.98 Å². The van der Waals surface area contributed by atoms with Crippen molar-refractivity contribution in [2.24, 2.45) is 0 Å². The Morgan fingerprint density at radius 3 is 2.85 bits per heavy atom. The summed E-state index contributed by atoms with van der Waals surface area (Å²) in [4.78, 5) is 20.0. The molecule has 26 heavy (non-hydrogen) atoms. The molecule has 5 heteroatoms. The summed E-state index contributed by atoms with van der Waals surface area (Å²) in [6.07, 6.45) is 3.10. The van der Waals surface area contributed by atoms with Crippen molar-refractivity contribution in [3.05, 3.63) is 52.8 Å². The van der Waals surface area contributed by atoms with Gasteiger partial charge in [-0.1, -0.05) is 37.2 Å². The minimum atomic E-state index is -0.0000463. The Bertz CT molecular complexity index is 975. The molecule has 1 amide bonds. The number of pyridine rings is 1. The Kier molecular flexibility index (Phi) is 4.23. The molecule has 3 aromatic rings. The average Bonchev–Trinajstić information content (AvgIpc) is 2.89. The minimum Gasteiger partial charge on any atom is -0.336 e. The van der Waals surface area contributed by atoms with E-state index in [0.717, 1.165) is 42.6 Å². The molecule has 0 aliphatic carbocycles. The third-order valence-electron chi connectivity index (χ3n) is 5.06. The number of benzene rings is 1. The van der Waals surface area contributed by atoms with Crippen LogP contribution in [0.5, 0.6) is 0 Å². The molecule has 0 unspecified atom stereocenters. The summed E-state index contributed by atoms with van der Waals surface area (Å²) in [5, 5.41) is 4.76. The second-order valence-corrected chi connectivity index (χ2v) is 7.24. The van der Waals surface area contributed by atoms with Crippen LogP contribution < -0.4 is 4.90 Å². The number of amides is 1. The molecule has 0 bridgehead atoms. The summed E-state index contributed by atoms with van der Waals surface area (Å²) in [7, 11) is 0. The lowest BCUT2D eigenvalue weighted by Crippen LogP contribution is -2.32. The molecule has 0 radical (unpaired) electrons. The van der Waals surface area contributed by atoms with E-state index in [1.165, 1.54) is 5.56 Å². The molecule has 0 spiro atoms. The number of para-hydroxylation sites is 1. The number of rotatable bonds is 2. The van der Waals surface area contributed by atoms with Crippen molar-refractivity contribution in [1.29, 1.82) is 0 Å². The van der Waals surface area contributed by atoms with Gasteiger partial charge in [0.15, 0.2) is 0 Å². The largest absolute Gasteiger partial charge is 0.336 e. The highest BCUT2D eigenvalue weighted by atomic mass is 16.5. The number of hydrogen-bond donors (Lipinski definition) is 0. The maximum Gasteiger partial charge on any atom is 0.259 e. The van der Waals surface area contributed by atoms with Crippen LogP contribution in [0.4, 0.5) is 5.69 Å². The quantitative estimate of drug-likeness (QED) is 0.676. The van der Waals surface area contributed by atoms with Gasteiger partial charge in [0.1, 0.15) is 0 Å². The summed E-state index contributed by atoms with van der Waals surface area (Å²) >= 11 is 0. The Balaban J connectivity index is 1.87. The number of aryl methyl sites for hydroxylation is 2. The Labute approximate surface area is 153 Å². The van der Waals surface area contributed by atoms with E-state index in [0.29, 0.717) is 17.0 Å². The van der Waals surface area contributed by atoms with E-state index < -0.39 is 0 Å². The third-order valence-corrected chi connectivity index (χ3v) is 5.06. The smallest absolute Gasteiger partial charge is 0.259 e. The number of anilines is 1. The van der Waals surface area contributed by atoms with Crippen LogP contribution in [0.25, 0.3) is 11.1 Å². The van der Waals surface area contributed by atoms with Crippen LogP contribution in [0.3, 0.4) is 0 Å². The zero-order valence-electron chi connectivity index (χ0n) is 15.5. The van der Waals surface area contributed by atoms with Crippen LogP contribution in [0.2, 0.25) is 0 Å². The Morgan fingerprint density at radius 2 is 2.04 bits per heavy atom. The fourth-order valence-electron chi connectivity index (χ4n) is 3.63. The summed E-state index contributed by atoms with van der Waals surface area (Å²) in [5.41, 5.74) is 4.87. The van der Waals surface area contributed by atoms with Gasteiger partial charge in [-0.05, 0) is 49.8 Å². The van der Waals surface area contributed by atoms with E-state index in [-0.39, 0.29) is 11.8 Å². The number of carbonyl (C=O) groups is 1. The van der Waals surface area contributed by atoms with Gasteiger partial charge in [-0.3, -0.25) is 4.79 Å². The van der Waals surface area contributed by atoms with Crippen LogP contribution in [0.15, 0.2) is 34.9 Å². The predicted molar refractivity (Wildman–Crippen MR) is 102 cm³/mol. The molecule has 0 fully saturated rings. The van der Waals surface area contributed by atoms with Crippen LogP contribution >= 0.6 is 0 Å². The van der Waals surface area contributed by atoms with Gasteiger partial charge in [-0.2, -0.15) is 0 Å². The molecular formula is C21H23N3O2. The van der Waals surface area contributed by atoms with Gasteiger partial charge in [0.2, 0.25) is 0 Å². The first-order chi connectivity index (χ1) is 12.6. The summed E-state index contributed by atoms with van der Waals surface area (Å²) in [6.45, 7) is 6.70. The highest BCUT2D eigenvalue weighted by Crippen LogP contribution is 2.31. The SMILES string of the molecule is Cc1noc2nc(C(C)C)cc(C(=O)N3CCCCc4ccccc43)c12. The minimum absolute atomic E-state index is 0.0000463. The van der Waals surface area contributed by atoms with Gasteiger partial charge in [0, 0.05) is 17.9 Å². The lowest BCUT2D eigenvalue weighted by atomic mass is 10.0. The van der Waals surface area contributed by atoms with E-state index in [2.05, 4.69) is 30.1 Å². The predicted octanol–water partition coefficient (Wildman–Crippen LogP) is 4.64. The van der Waals surface area contributed by atoms with Gasteiger partial charge in [0.05, 0.1) is 16.6 Å². The number of fused-ring (bicyclic) bond motifs is 2. The summed E-state index contributed by atoms with van der Waals surface area (Å²) < 4.78 is 5.38. The van der Waals surface area contributed by atoms with Crippen molar-refractivity contribution < 1.29 is 9.32 Å². The number of hydrogen-bond acceptors (Lipinski definition) is 4. The van der Waals surface area contributed by atoms with Crippen LogP contribution in [0.1, 0.15) is 59.9 Å². The van der Waals surface area contributed by atoms with E-state index in [4.69, 9.17) is 4.52 Å². The number of carbonyl (C=O) groups excluding carboxylic acids is 1. The molecule has 0 saturated carbocycles. The molecule has 3 heterocycles. The van der Waals surface area contributed by atoms with Crippen molar-refractivity contribution in [2.75, 3.05) is 11.4 Å². The monoisotopic (exact) mass is 349 g/mol. The topological polar surface area (TPSA) is 59.2 Å². The first kappa shape index (κ1) is 16.8. The standard InChI is InChI=1S/C21H23N3O2/c1-13(2)17-12-16(19-14(3)23-26-20(19)22-17)21(25)24-11-7-6-9-15-8-4-5-10-18(15)24/h4-5,8,10,12-13H,6-7,9,11H2,1-3H3. The van der Waals surface area contributed by atoms with E-state index in [9.17, 15) is 4.79 Å². The van der Waals surface area contributed by atoms with Gasteiger partial charge in [0.25, 0.3) is 11.6 Å². The van der Waals surface area contributed by atoms with E-state index >= 15 is 0 Å². The van der Waals surface area contributed by atoms with Crippen molar-refractivity contribution in [1.82, 2.24) is 10.1 Å². The summed E-state index contributed by atoms with van der Waals surface area (Å²) in [6, 6.07) is 10.1. The maximum absolute atomic E-state index is 13.6. The molecule has 5 nitrogen and oxygen atoms in total.